The Kier molecular flexibility index (Phi) is 9.43. The number of aryl methyl sites for hydroxylation is 1. The minimum atomic E-state index is -1.28. The number of benzene rings is 1. The third-order valence-corrected chi connectivity index (χ3v) is 4.98. The monoisotopic (exact) mass is 480 g/mol. The van der Waals surface area contributed by atoms with Crippen molar-refractivity contribution < 1.29 is 47.6 Å². The minimum absolute atomic E-state index is 0.0984. The van der Waals surface area contributed by atoms with Crippen LogP contribution in [0.2, 0.25) is 0 Å². The third kappa shape index (κ3) is 7.44. The fourth-order valence-electron chi connectivity index (χ4n) is 3.63. The van der Waals surface area contributed by atoms with Crippen molar-refractivity contribution in [2.75, 3.05) is 6.61 Å². The Morgan fingerprint density at radius 1 is 0.853 bits per heavy atom. The van der Waals surface area contributed by atoms with Gasteiger partial charge >= 0.3 is 23.9 Å². The normalized spacial score (nSPS) is 24.2. The fraction of sp³-hybridized carbons (Fsp3) is 0.583. The zero-order valence-corrected chi connectivity index (χ0v) is 20.5. The maximum atomic E-state index is 11.9. The van der Waals surface area contributed by atoms with Crippen molar-refractivity contribution >= 4 is 23.9 Å². The third-order valence-electron chi connectivity index (χ3n) is 4.98. The van der Waals surface area contributed by atoms with E-state index in [9.17, 15) is 19.2 Å². The van der Waals surface area contributed by atoms with Crippen LogP contribution in [0.4, 0.5) is 0 Å². The van der Waals surface area contributed by atoms with E-state index < -0.39 is 54.6 Å². The number of rotatable bonds is 8. The Hall–Kier alpha value is -3.14. The standard InChI is InChI=1S/C24H32O10/c1-12(2)18-9-8-13(3)10-19(18)33-24-23(32-17(7)28)22(31-16(6)27)21(30-15(5)26)20(34-24)11-29-14(4)25/h8-10,12,20-24H,11H2,1-7H3/t20-,21-,22+,23-,24+/m1/s1. The summed E-state index contributed by atoms with van der Waals surface area (Å²) in [6.07, 6.45) is -6.12. The average molecular weight is 481 g/mol. The van der Waals surface area contributed by atoms with Crippen LogP contribution in [0.5, 0.6) is 5.75 Å². The average Bonchev–Trinajstić information content (AvgIpc) is 2.69. The molecule has 0 bridgehead atoms. The first-order valence-electron chi connectivity index (χ1n) is 11.0. The van der Waals surface area contributed by atoms with E-state index in [2.05, 4.69) is 0 Å². The van der Waals surface area contributed by atoms with Crippen molar-refractivity contribution in [2.24, 2.45) is 0 Å². The molecule has 1 aliphatic rings. The second kappa shape index (κ2) is 11.8. The first-order chi connectivity index (χ1) is 15.9. The summed E-state index contributed by atoms with van der Waals surface area (Å²) in [4.78, 5) is 47.1. The Balaban J connectivity index is 2.54. The molecule has 0 spiro atoms. The van der Waals surface area contributed by atoms with Gasteiger partial charge in [0.15, 0.2) is 12.2 Å². The molecule has 0 saturated carbocycles. The van der Waals surface area contributed by atoms with Crippen LogP contribution in [0, 0.1) is 6.92 Å². The molecule has 10 heteroatoms. The van der Waals surface area contributed by atoms with Gasteiger partial charge in [-0.1, -0.05) is 26.0 Å². The molecule has 10 nitrogen and oxygen atoms in total. The molecule has 188 valence electrons. The molecular formula is C24H32O10. The van der Waals surface area contributed by atoms with Gasteiger partial charge in [-0.05, 0) is 30.0 Å². The number of carbonyl (C=O) groups is 4. The van der Waals surface area contributed by atoms with Crippen LogP contribution < -0.4 is 4.74 Å². The number of esters is 4. The van der Waals surface area contributed by atoms with Crippen LogP contribution >= 0.6 is 0 Å². The van der Waals surface area contributed by atoms with Crippen LogP contribution in [0.15, 0.2) is 18.2 Å². The number of carbonyl (C=O) groups excluding carboxylic acids is 4. The second-order valence-corrected chi connectivity index (χ2v) is 8.38. The summed E-state index contributed by atoms with van der Waals surface area (Å²) in [5, 5.41) is 0. The van der Waals surface area contributed by atoms with Crippen LogP contribution in [0.1, 0.15) is 58.6 Å². The predicted molar refractivity (Wildman–Crippen MR) is 118 cm³/mol. The molecule has 0 N–H and O–H groups in total. The van der Waals surface area contributed by atoms with Crippen LogP contribution in [-0.2, 0) is 42.9 Å². The van der Waals surface area contributed by atoms with Crippen molar-refractivity contribution in [3.63, 3.8) is 0 Å². The van der Waals surface area contributed by atoms with Gasteiger partial charge in [0.2, 0.25) is 12.4 Å². The second-order valence-electron chi connectivity index (χ2n) is 8.38. The van der Waals surface area contributed by atoms with Gasteiger partial charge in [0.05, 0.1) is 0 Å². The lowest BCUT2D eigenvalue weighted by molar-refractivity contribution is -0.288. The molecule has 0 amide bonds. The smallest absolute Gasteiger partial charge is 0.303 e. The van der Waals surface area contributed by atoms with Gasteiger partial charge in [-0.15, -0.1) is 0 Å². The lowest BCUT2D eigenvalue weighted by Gasteiger charge is -2.44. The van der Waals surface area contributed by atoms with E-state index in [0.717, 1.165) is 11.1 Å². The molecule has 2 rings (SSSR count). The lowest BCUT2D eigenvalue weighted by atomic mass is 9.97. The topological polar surface area (TPSA) is 124 Å². The fourth-order valence-corrected chi connectivity index (χ4v) is 3.63. The van der Waals surface area contributed by atoms with Gasteiger partial charge in [0, 0.05) is 27.7 Å². The molecule has 0 aliphatic carbocycles. The van der Waals surface area contributed by atoms with Crippen molar-refractivity contribution in [2.45, 2.75) is 85.1 Å². The van der Waals surface area contributed by atoms with E-state index >= 15 is 0 Å². The summed E-state index contributed by atoms with van der Waals surface area (Å²) in [7, 11) is 0. The van der Waals surface area contributed by atoms with Gasteiger partial charge in [-0.3, -0.25) is 19.2 Å². The maximum Gasteiger partial charge on any atom is 0.303 e. The highest BCUT2D eigenvalue weighted by Crippen LogP contribution is 2.34. The zero-order chi connectivity index (χ0) is 25.6. The number of ether oxygens (including phenoxy) is 6. The lowest BCUT2D eigenvalue weighted by Crippen LogP contribution is -2.63. The molecule has 1 aliphatic heterocycles. The Morgan fingerprint density at radius 2 is 1.41 bits per heavy atom. The molecule has 1 fully saturated rings. The Bertz CT molecular complexity index is 909. The van der Waals surface area contributed by atoms with Crippen LogP contribution in [-0.4, -0.2) is 61.2 Å². The van der Waals surface area contributed by atoms with Gasteiger partial charge in [0.1, 0.15) is 18.5 Å². The van der Waals surface area contributed by atoms with E-state index in [1.54, 1.807) is 0 Å². The van der Waals surface area contributed by atoms with Crippen LogP contribution in [0.25, 0.3) is 0 Å². The van der Waals surface area contributed by atoms with Gasteiger partial charge < -0.3 is 28.4 Å². The van der Waals surface area contributed by atoms with Gasteiger partial charge in [-0.2, -0.15) is 0 Å². The highest BCUT2D eigenvalue weighted by molar-refractivity contribution is 5.68. The van der Waals surface area contributed by atoms with Crippen molar-refractivity contribution in [3.8, 4) is 5.75 Å². The van der Waals surface area contributed by atoms with Gasteiger partial charge in [-0.25, -0.2) is 0 Å². The maximum absolute atomic E-state index is 11.9. The quantitative estimate of drug-likeness (QED) is 0.405. The Morgan fingerprint density at radius 3 is 1.94 bits per heavy atom. The zero-order valence-electron chi connectivity index (χ0n) is 20.5. The summed E-state index contributed by atoms with van der Waals surface area (Å²) in [5.74, 6) is -2.09. The number of hydrogen-bond acceptors (Lipinski definition) is 10. The van der Waals surface area contributed by atoms with E-state index in [0.29, 0.717) is 5.75 Å². The van der Waals surface area contributed by atoms with E-state index in [1.165, 1.54) is 27.7 Å². The molecule has 1 aromatic rings. The number of hydrogen-bond donors (Lipinski definition) is 0. The molecule has 0 radical (unpaired) electrons. The predicted octanol–water partition coefficient (Wildman–Crippen LogP) is 2.58. The Labute approximate surface area is 198 Å². The molecule has 1 aromatic carbocycles. The highest BCUT2D eigenvalue weighted by atomic mass is 16.7. The first-order valence-corrected chi connectivity index (χ1v) is 11.0. The summed E-state index contributed by atoms with van der Waals surface area (Å²) in [6.45, 7) is 10.3. The summed E-state index contributed by atoms with van der Waals surface area (Å²) >= 11 is 0. The molecule has 1 heterocycles. The summed E-state index contributed by atoms with van der Waals surface area (Å²) in [5.41, 5.74) is 1.79. The van der Waals surface area contributed by atoms with Crippen LogP contribution in [0.3, 0.4) is 0 Å². The van der Waals surface area contributed by atoms with Gasteiger partial charge in [0.25, 0.3) is 0 Å². The molecule has 5 atom stereocenters. The van der Waals surface area contributed by atoms with Crippen molar-refractivity contribution in [1.29, 1.82) is 0 Å². The molecule has 0 aromatic heterocycles. The minimum Gasteiger partial charge on any atom is -0.463 e. The molecular weight excluding hydrogens is 448 g/mol. The van der Waals surface area contributed by atoms with E-state index in [-0.39, 0.29) is 12.5 Å². The highest BCUT2D eigenvalue weighted by Gasteiger charge is 2.53. The van der Waals surface area contributed by atoms with E-state index in [1.807, 2.05) is 39.0 Å². The summed E-state index contributed by atoms with van der Waals surface area (Å²) in [6, 6.07) is 5.67. The molecule has 34 heavy (non-hydrogen) atoms. The molecule has 0 unspecified atom stereocenters. The first kappa shape index (κ1) is 27.1. The SMILES string of the molecule is CC(=O)OC[C@H]1O[C@H](Oc2cc(C)ccc2C(C)C)[C@H](OC(C)=O)[C@@H](OC(C)=O)[C@@H]1OC(C)=O. The van der Waals surface area contributed by atoms with Crippen molar-refractivity contribution in [1.82, 2.24) is 0 Å². The van der Waals surface area contributed by atoms with Crippen molar-refractivity contribution in [3.05, 3.63) is 29.3 Å². The van der Waals surface area contributed by atoms with E-state index in [4.69, 9.17) is 28.4 Å². The summed E-state index contributed by atoms with van der Waals surface area (Å²) < 4.78 is 33.5. The largest absolute Gasteiger partial charge is 0.463 e. The molecule has 1 saturated heterocycles.